The molecule has 290 valence electrons. The molecule has 0 amide bonds. The number of ether oxygens (including phenoxy) is 5. The number of nitrogens with zero attached hydrogens (tertiary/aromatic N) is 1. The topological polar surface area (TPSA) is 192 Å². The Balaban J connectivity index is 1.41. The minimum absolute atomic E-state index is 0.122. The van der Waals surface area contributed by atoms with Gasteiger partial charge in [-0.3, -0.25) is 19.3 Å². The maximum absolute atomic E-state index is 14.0. The number of aliphatic hydroxyl groups is 2. The van der Waals surface area contributed by atoms with Crippen molar-refractivity contribution >= 4 is 36.1 Å². The minimum Gasteiger partial charge on any atom is -0.461 e. The van der Waals surface area contributed by atoms with Gasteiger partial charge in [0.15, 0.2) is 18.3 Å². The van der Waals surface area contributed by atoms with Crippen molar-refractivity contribution in [3.8, 4) is 0 Å². The second-order valence-electron chi connectivity index (χ2n) is 16.1. The molecule has 2 N–H and O–H groups in total. The van der Waals surface area contributed by atoms with Crippen LogP contribution in [0.4, 0.5) is 0 Å². The molecule has 8 fully saturated rings. The van der Waals surface area contributed by atoms with E-state index in [2.05, 4.69) is 6.58 Å². The lowest BCUT2D eigenvalue weighted by atomic mass is 9.36. The summed E-state index contributed by atoms with van der Waals surface area (Å²) in [5.74, 6) is -7.99. The first kappa shape index (κ1) is 37.0. The number of aldehydes is 1. The molecule has 2 heterocycles. The molecule has 6 aliphatic carbocycles. The molecule has 8 aliphatic rings. The molecule has 16 unspecified atom stereocenters. The Morgan fingerprint density at radius 2 is 1.22 bits per heavy atom. The summed E-state index contributed by atoms with van der Waals surface area (Å²) >= 11 is 0. The predicted octanol–water partition coefficient (Wildman–Crippen LogP) is 1.90. The lowest BCUT2D eigenvalue weighted by Gasteiger charge is -2.71. The Morgan fingerprint density at radius 3 is 1.73 bits per heavy atom. The van der Waals surface area contributed by atoms with E-state index in [1.807, 2.05) is 4.90 Å². The first-order valence-electron chi connectivity index (χ1n) is 18.4. The van der Waals surface area contributed by atoms with E-state index in [0.29, 0.717) is 6.29 Å². The Bertz CT molecular complexity index is 1990. The fourth-order valence-corrected chi connectivity index (χ4v) is 12.7. The standard InChI is InChI=1S/C41H43NO13/c1-18-24-27(54-37(49)22-13-9-7-10-14-22)25-32-41-30(26(42(32)6)34(48)40(25,33(18)47)31(41)28(24)51-19(2)44)39(5,17-43)35(52-20(3)45)29(36(41)53-21(4)46)55-38(50)23-15-11-8-12-16-23/h7-17,24-36,47-48H,1H2,2-6H3. The van der Waals surface area contributed by atoms with Crippen LogP contribution in [-0.2, 0) is 42.9 Å². The lowest BCUT2D eigenvalue weighted by Crippen LogP contribution is -2.82. The van der Waals surface area contributed by atoms with Crippen molar-refractivity contribution in [1.82, 2.24) is 4.90 Å². The van der Waals surface area contributed by atoms with Crippen LogP contribution in [0.2, 0.25) is 0 Å². The number of aliphatic hydroxyl groups excluding tert-OH is 2. The van der Waals surface area contributed by atoms with E-state index in [0.717, 1.165) is 13.8 Å². The van der Waals surface area contributed by atoms with Gasteiger partial charge in [0.1, 0.15) is 18.5 Å². The van der Waals surface area contributed by atoms with E-state index in [1.54, 1.807) is 62.5 Å². The van der Waals surface area contributed by atoms with Gasteiger partial charge >= 0.3 is 29.8 Å². The molecule has 16 atom stereocenters. The molecule has 0 aromatic heterocycles. The van der Waals surface area contributed by atoms with Crippen molar-refractivity contribution in [3.05, 3.63) is 83.9 Å². The highest BCUT2D eigenvalue weighted by Gasteiger charge is 2.96. The van der Waals surface area contributed by atoms with E-state index >= 15 is 0 Å². The summed E-state index contributed by atoms with van der Waals surface area (Å²) in [4.78, 5) is 83.0. The van der Waals surface area contributed by atoms with Crippen LogP contribution in [0.1, 0.15) is 48.4 Å². The number of hydrogen-bond acceptors (Lipinski definition) is 14. The molecule has 7 bridgehead atoms. The van der Waals surface area contributed by atoms with Crippen molar-refractivity contribution in [2.75, 3.05) is 7.05 Å². The molecule has 14 nitrogen and oxygen atoms in total. The van der Waals surface area contributed by atoms with Crippen molar-refractivity contribution in [2.45, 2.75) is 82.5 Å². The number of rotatable bonds is 8. The second kappa shape index (κ2) is 12.6. The normalized spacial score (nSPS) is 42.9. The number of piperidine rings is 1. The van der Waals surface area contributed by atoms with Gasteiger partial charge in [0.2, 0.25) is 0 Å². The van der Waals surface area contributed by atoms with Crippen LogP contribution < -0.4 is 0 Å². The summed E-state index contributed by atoms with van der Waals surface area (Å²) in [5.41, 5.74) is -4.43. The van der Waals surface area contributed by atoms with Crippen molar-refractivity contribution in [1.29, 1.82) is 0 Å². The first-order chi connectivity index (χ1) is 26.1. The Hall–Kier alpha value is -4.92. The van der Waals surface area contributed by atoms with Gasteiger partial charge in [-0.1, -0.05) is 43.0 Å². The number of fused-ring (bicyclic) bond motifs is 1. The van der Waals surface area contributed by atoms with Crippen LogP contribution in [0.15, 0.2) is 72.8 Å². The van der Waals surface area contributed by atoms with Crippen molar-refractivity contribution in [3.63, 3.8) is 0 Å². The molecule has 2 saturated heterocycles. The van der Waals surface area contributed by atoms with Crippen molar-refractivity contribution < 1.29 is 62.7 Å². The summed E-state index contributed by atoms with van der Waals surface area (Å²) in [5, 5.41) is 25.3. The fraction of sp³-hybridized carbons (Fsp3) is 0.512. The Morgan fingerprint density at radius 1 is 0.709 bits per heavy atom. The van der Waals surface area contributed by atoms with Gasteiger partial charge in [-0.2, -0.15) is 0 Å². The zero-order valence-corrected chi connectivity index (χ0v) is 30.9. The number of likely N-dealkylation sites (N-methyl/N-ethyl adjacent to an activating group) is 1. The van der Waals surface area contributed by atoms with Crippen molar-refractivity contribution in [2.24, 2.45) is 39.9 Å². The summed E-state index contributed by atoms with van der Waals surface area (Å²) in [6.07, 6.45) is -9.39. The summed E-state index contributed by atoms with van der Waals surface area (Å²) in [6.45, 7) is 9.26. The highest BCUT2D eigenvalue weighted by molar-refractivity contribution is 5.90. The maximum Gasteiger partial charge on any atom is 0.338 e. The summed E-state index contributed by atoms with van der Waals surface area (Å²) in [7, 11) is 1.72. The van der Waals surface area contributed by atoms with Gasteiger partial charge < -0.3 is 38.7 Å². The van der Waals surface area contributed by atoms with Crippen LogP contribution in [0.3, 0.4) is 0 Å². The van der Waals surface area contributed by atoms with Crippen LogP contribution in [0.25, 0.3) is 0 Å². The number of carbonyl (C=O) groups excluding carboxylic acids is 6. The number of benzene rings is 2. The number of carbonyl (C=O) groups is 6. The van der Waals surface area contributed by atoms with Gasteiger partial charge in [0, 0.05) is 61.4 Å². The largest absolute Gasteiger partial charge is 0.461 e. The zero-order chi connectivity index (χ0) is 39.5. The van der Waals surface area contributed by atoms with Gasteiger partial charge in [0.25, 0.3) is 0 Å². The average Bonchev–Trinajstić information content (AvgIpc) is 3.48. The van der Waals surface area contributed by atoms with Gasteiger partial charge in [-0.05, 0) is 43.8 Å². The SMILES string of the molecule is C=C1C2C(OC(=O)c3ccccc3)C3C4N(C)C5C(O)C3(C1O)C(C2OC(C)=O)C41C(OC(C)=O)C(OC(=O)c2ccccc2)C(OC(C)=O)C(C)(C=O)C51. The first-order valence-corrected chi connectivity index (χ1v) is 18.4. The highest BCUT2D eigenvalue weighted by atomic mass is 16.6. The number of hydrogen-bond donors (Lipinski definition) is 2. The summed E-state index contributed by atoms with van der Waals surface area (Å²) < 4.78 is 31.0. The average molecular weight is 758 g/mol. The molecule has 2 aromatic rings. The van der Waals surface area contributed by atoms with Crippen LogP contribution >= 0.6 is 0 Å². The lowest BCUT2D eigenvalue weighted by molar-refractivity contribution is -0.318. The summed E-state index contributed by atoms with van der Waals surface area (Å²) in [6, 6.07) is 14.4. The quantitative estimate of drug-likeness (QED) is 0.172. The Kier molecular flexibility index (Phi) is 8.45. The molecular formula is C41H43NO13. The van der Waals surface area contributed by atoms with Crippen LogP contribution in [-0.4, -0.2) is 113 Å². The van der Waals surface area contributed by atoms with Gasteiger partial charge in [-0.25, -0.2) is 9.59 Å². The molecule has 2 aliphatic heterocycles. The minimum atomic E-state index is -1.75. The van der Waals surface area contributed by atoms with Gasteiger partial charge in [0.05, 0.1) is 34.7 Å². The predicted molar refractivity (Wildman–Crippen MR) is 187 cm³/mol. The highest BCUT2D eigenvalue weighted by Crippen LogP contribution is 2.85. The second-order valence-corrected chi connectivity index (χ2v) is 16.1. The van der Waals surface area contributed by atoms with E-state index in [9.17, 15) is 39.0 Å². The number of esters is 5. The van der Waals surface area contributed by atoms with E-state index in [4.69, 9.17) is 23.7 Å². The molecule has 10 rings (SSSR count). The molecule has 55 heavy (non-hydrogen) atoms. The monoisotopic (exact) mass is 757 g/mol. The third-order valence-electron chi connectivity index (χ3n) is 13.8. The Labute approximate surface area is 316 Å². The van der Waals surface area contributed by atoms with Crippen LogP contribution in [0, 0.1) is 39.9 Å². The maximum atomic E-state index is 14.0. The molecule has 6 saturated carbocycles. The fourth-order valence-electron chi connectivity index (χ4n) is 12.7. The van der Waals surface area contributed by atoms with E-state index < -0.39 is 125 Å². The third-order valence-corrected chi connectivity index (χ3v) is 13.8. The van der Waals surface area contributed by atoms with Crippen LogP contribution in [0.5, 0.6) is 0 Å². The smallest absolute Gasteiger partial charge is 0.338 e. The molecule has 14 heteroatoms. The molecule has 2 spiro atoms. The molecule has 2 aromatic carbocycles. The van der Waals surface area contributed by atoms with E-state index in [1.165, 1.54) is 19.1 Å². The molecular weight excluding hydrogens is 714 g/mol. The molecule has 0 radical (unpaired) electrons. The zero-order valence-electron chi connectivity index (χ0n) is 30.9. The van der Waals surface area contributed by atoms with E-state index in [-0.39, 0.29) is 16.7 Å². The van der Waals surface area contributed by atoms with Gasteiger partial charge in [-0.15, -0.1) is 0 Å². The third kappa shape index (κ3) is 4.58.